The summed E-state index contributed by atoms with van der Waals surface area (Å²) in [5.74, 6) is -2.32. The van der Waals surface area contributed by atoms with Crippen molar-refractivity contribution in [1.82, 2.24) is 4.72 Å². The van der Waals surface area contributed by atoms with E-state index in [1.54, 1.807) is 0 Å². The summed E-state index contributed by atoms with van der Waals surface area (Å²) in [6, 6.07) is 2.43. The van der Waals surface area contributed by atoms with Crippen molar-refractivity contribution in [1.29, 1.82) is 0 Å². The van der Waals surface area contributed by atoms with Crippen molar-refractivity contribution in [3.63, 3.8) is 0 Å². The van der Waals surface area contributed by atoms with E-state index >= 15 is 0 Å². The number of aromatic carboxylic acids is 1. The molecule has 0 radical (unpaired) electrons. The second-order valence-electron chi connectivity index (χ2n) is 4.83. The van der Waals surface area contributed by atoms with Crippen molar-refractivity contribution in [3.8, 4) is 0 Å². The summed E-state index contributed by atoms with van der Waals surface area (Å²) in [6.45, 7) is 5.55. The predicted octanol–water partition coefficient (Wildman–Crippen LogP) is 2.24. The minimum atomic E-state index is -4.01. The van der Waals surface area contributed by atoms with Crippen LogP contribution < -0.4 is 4.72 Å². The van der Waals surface area contributed by atoms with Crippen molar-refractivity contribution in [2.45, 2.75) is 38.1 Å². The van der Waals surface area contributed by atoms with Crippen LogP contribution in [0.1, 0.15) is 37.6 Å². The van der Waals surface area contributed by atoms with Gasteiger partial charge >= 0.3 is 5.97 Å². The fourth-order valence-electron chi connectivity index (χ4n) is 1.81. The van der Waals surface area contributed by atoms with Gasteiger partial charge in [0.05, 0.1) is 5.56 Å². The quantitative estimate of drug-likeness (QED) is 0.844. The molecule has 0 bridgehead atoms. The topological polar surface area (TPSA) is 83.5 Å². The lowest BCUT2D eigenvalue weighted by Gasteiger charge is -2.20. The van der Waals surface area contributed by atoms with E-state index in [1.165, 1.54) is 0 Å². The maximum absolute atomic E-state index is 13.8. The number of carboxylic acid groups (broad SMARTS) is 1. The molecule has 0 aliphatic rings. The number of rotatable bonds is 6. The number of hydrogen-bond donors (Lipinski definition) is 2. The minimum absolute atomic E-state index is 0.0659. The zero-order valence-electron chi connectivity index (χ0n) is 11.6. The molecule has 1 aromatic carbocycles. The molecule has 5 nitrogen and oxygen atoms in total. The smallest absolute Gasteiger partial charge is 0.335 e. The third kappa shape index (κ3) is 3.77. The van der Waals surface area contributed by atoms with Crippen molar-refractivity contribution >= 4 is 16.0 Å². The van der Waals surface area contributed by atoms with Gasteiger partial charge < -0.3 is 5.11 Å². The standard InChI is InChI=1S/C13H18FNO4S/c1-4-11(8(2)3)15-20(18,19)12-6-5-9(13(16)17)7-10(12)14/h5-8,11,15H,4H2,1-3H3,(H,16,17). The number of hydrogen-bond acceptors (Lipinski definition) is 3. The number of benzene rings is 1. The summed E-state index contributed by atoms with van der Waals surface area (Å²) >= 11 is 0. The summed E-state index contributed by atoms with van der Waals surface area (Å²) in [4.78, 5) is 10.2. The highest BCUT2D eigenvalue weighted by molar-refractivity contribution is 7.89. The normalized spacial score (nSPS) is 13.4. The number of nitrogens with one attached hydrogen (secondary N) is 1. The second kappa shape index (κ2) is 6.32. The highest BCUT2D eigenvalue weighted by Crippen LogP contribution is 2.18. The molecule has 0 spiro atoms. The molecule has 0 fully saturated rings. The van der Waals surface area contributed by atoms with Gasteiger partial charge in [-0.2, -0.15) is 0 Å². The number of sulfonamides is 1. The average molecular weight is 303 g/mol. The van der Waals surface area contributed by atoms with Crippen LogP contribution in [0.15, 0.2) is 23.1 Å². The van der Waals surface area contributed by atoms with Gasteiger partial charge in [-0.15, -0.1) is 0 Å². The van der Waals surface area contributed by atoms with E-state index in [0.717, 1.165) is 12.1 Å². The molecular formula is C13H18FNO4S. The number of carboxylic acids is 1. The first-order chi connectivity index (χ1) is 9.19. The first kappa shape index (κ1) is 16.6. The van der Waals surface area contributed by atoms with Gasteiger partial charge in [0.2, 0.25) is 10.0 Å². The summed E-state index contributed by atoms with van der Waals surface area (Å²) in [7, 11) is -4.01. The Labute approximate surface area is 117 Å². The molecule has 0 heterocycles. The molecule has 0 amide bonds. The van der Waals surface area contributed by atoms with Crippen LogP contribution in [-0.2, 0) is 10.0 Å². The van der Waals surface area contributed by atoms with Crippen LogP contribution in [0.2, 0.25) is 0 Å². The van der Waals surface area contributed by atoms with E-state index in [9.17, 15) is 17.6 Å². The first-order valence-corrected chi connectivity index (χ1v) is 7.72. The van der Waals surface area contributed by atoms with Gasteiger partial charge in [-0.1, -0.05) is 20.8 Å². The molecule has 1 aromatic rings. The summed E-state index contributed by atoms with van der Waals surface area (Å²) < 4.78 is 40.4. The van der Waals surface area contributed by atoms with Gasteiger partial charge in [0.15, 0.2) is 0 Å². The Kier molecular flexibility index (Phi) is 5.24. The number of halogens is 1. The van der Waals surface area contributed by atoms with E-state index in [-0.39, 0.29) is 17.5 Å². The van der Waals surface area contributed by atoms with Gasteiger partial charge in [-0.3, -0.25) is 0 Å². The fraction of sp³-hybridized carbons (Fsp3) is 0.462. The van der Waals surface area contributed by atoms with Crippen LogP contribution in [0.25, 0.3) is 0 Å². The monoisotopic (exact) mass is 303 g/mol. The van der Waals surface area contributed by atoms with Gasteiger partial charge in [0.1, 0.15) is 10.7 Å². The Morgan fingerprint density at radius 2 is 2.00 bits per heavy atom. The van der Waals surface area contributed by atoms with Gasteiger partial charge in [-0.25, -0.2) is 22.3 Å². The fourth-order valence-corrected chi connectivity index (χ4v) is 3.33. The molecule has 2 N–H and O–H groups in total. The molecule has 0 aliphatic heterocycles. The molecule has 0 saturated heterocycles. The molecule has 1 unspecified atom stereocenters. The Morgan fingerprint density at radius 1 is 1.40 bits per heavy atom. The lowest BCUT2D eigenvalue weighted by molar-refractivity contribution is 0.0696. The Balaban J connectivity index is 3.13. The largest absolute Gasteiger partial charge is 0.478 e. The van der Waals surface area contributed by atoms with E-state index in [1.807, 2.05) is 20.8 Å². The third-order valence-electron chi connectivity index (χ3n) is 3.02. The number of carbonyl (C=O) groups is 1. The average Bonchev–Trinajstić information content (AvgIpc) is 2.35. The molecular weight excluding hydrogens is 285 g/mol. The van der Waals surface area contributed by atoms with E-state index in [4.69, 9.17) is 5.11 Å². The maximum atomic E-state index is 13.8. The highest BCUT2D eigenvalue weighted by Gasteiger charge is 2.24. The zero-order chi connectivity index (χ0) is 15.5. The van der Waals surface area contributed by atoms with Gasteiger partial charge in [0.25, 0.3) is 0 Å². The van der Waals surface area contributed by atoms with Crippen LogP contribution in [-0.4, -0.2) is 25.5 Å². The maximum Gasteiger partial charge on any atom is 0.335 e. The zero-order valence-corrected chi connectivity index (χ0v) is 12.4. The molecule has 20 heavy (non-hydrogen) atoms. The van der Waals surface area contributed by atoms with Gasteiger partial charge in [0, 0.05) is 6.04 Å². The van der Waals surface area contributed by atoms with E-state index in [0.29, 0.717) is 12.5 Å². The summed E-state index contributed by atoms with van der Waals surface area (Å²) in [5, 5.41) is 8.73. The molecule has 112 valence electrons. The molecule has 7 heteroatoms. The van der Waals surface area contributed by atoms with Crippen molar-refractivity contribution in [3.05, 3.63) is 29.6 Å². The summed E-state index contributed by atoms with van der Waals surface area (Å²) in [6.07, 6.45) is 0.575. The van der Waals surface area contributed by atoms with Gasteiger partial charge in [-0.05, 0) is 30.5 Å². The van der Waals surface area contributed by atoms with Crippen LogP contribution in [0.5, 0.6) is 0 Å². The molecule has 0 aromatic heterocycles. The minimum Gasteiger partial charge on any atom is -0.478 e. The van der Waals surface area contributed by atoms with Crippen LogP contribution in [0, 0.1) is 11.7 Å². The lowest BCUT2D eigenvalue weighted by Crippen LogP contribution is -2.38. The van der Waals surface area contributed by atoms with Crippen molar-refractivity contribution in [2.24, 2.45) is 5.92 Å². The first-order valence-electron chi connectivity index (χ1n) is 6.24. The third-order valence-corrected chi connectivity index (χ3v) is 4.54. The summed E-state index contributed by atoms with van der Waals surface area (Å²) in [5.41, 5.74) is -0.294. The van der Waals surface area contributed by atoms with Crippen molar-refractivity contribution < 1.29 is 22.7 Å². The Bertz CT molecular complexity index is 598. The molecule has 0 aliphatic carbocycles. The predicted molar refractivity (Wildman–Crippen MR) is 72.6 cm³/mol. The van der Waals surface area contributed by atoms with Crippen molar-refractivity contribution in [2.75, 3.05) is 0 Å². The Hall–Kier alpha value is -1.47. The van der Waals surface area contributed by atoms with Crippen LogP contribution in [0.4, 0.5) is 4.39 Å². The molecule has 0 saturated carbocycles. The Morgan fingerprint density at radius 3 is 2.40 bits per heavy atom. The lowest BCUT2D eigenvalue weighted by atomic mass is 10.0. The highest BCUT2D eigenvalue weighted by atomic mass is 32.2. The van der Waals surface area contributed by atoms with E-state index in [2.05, 4.69) is 4.72 Å². The second-order valence-corrected chi connectivity index (χ2v) is 6.51. The van der Waals surface area contributed by atoms with E-state index < -0.39 is 26.7 Å². The van der Waals surface area contributed by atoms with Crippen LogP contribution in [0.3, 0.4) is 0 Å². The molecule has 1 rings (SSSR count). The molecule has 1 atom stereocenters. The SMILES string of the molecule is CCC(NS(=O)(=O)c1ccc(C(=O)O)cc1F)C(C)C. The van der Waals surface area contributed by atoms with Crippen LogP contribution >= 0.6 is 0 Å².